The number of aromatic nitrogens is 4. The van der Waals surface area contributed by atoms with Crippen LogP contribution in [0.15, 0.2) is 48.5 Å². The molecule has 102 valence electrons. The number of aryl methyl sites for hydroxylation is 1. The summed E-state index contributed by atoms with van der Waals surface area (Å²) >= 11 is 6.16. The van der Waals surface area contributed by atoms with E-state index < -0.39 is 0 Å². The number of hydrogen-bond acceptors (Lipinski definition) is 3. The van der Waals surface area contributed by atoms with Crippen molar-refractivity contribution in [2.45, 2.75) is 6.92 Å². The molecule has 4 aromatic rings. The van der Waals surface area contributed by atoms with Gasteiger partial charge in [0.1, 0.15) is 0 Å². The molecule has 0 bridgehead atoms. The van der Waals surface area contributed by atoms with Gasteiger partial charge in [0.05, 0.1) is 5.69 Å². The van der Waals surface area contributed by atoms with E-state index in [1.54, 1.807) is 4.52 Å². The molecule has 21 heavy (non-hydrogen) atoms. The first-order chi connectivity index (χ1) is 10.2. The summed E-state index contributed by atoms with van der Waals surface area (Å²) in [6, 6.07) is 15.8. The van der Waals surface area contributed by atoms with Crippen LogP contribution in [0.4, 0.5) is 0 Å². The highest BCUT2D eigenvalue weighted by molar-refractivity contribution is 6.31. The van der Waals surface area contributed by atoms with Crippen LogP contribution in [-0.4, -0.2) is 19.8 Å². The molecule has 2 heterocycles. The monoisotopic (exact) mass is 294 g/mol. The van der Waals surface area contributed by atoms with Crippen molar-refractivity contribution in [1.82, 2.24) is 19.8 Å². The lowest BCUT2D eigenvalue weighted by Gasteiger charge is -2.08. The summed E-state index contributed by atoms with van der Waals surface area (Å²) in [7, 11) is 0. The SMILES string of the molecule is Cc1nnc2c3ccc(Cl)cc3c(-c3ccccc3)nn12. The van der Waals surface area contributed by atoms with Crippen molar-refractivity contribution in [1.29, 1.82) is 0 Å². The normalized spacial score (nSPS) is 11.3. The number of fused-ring (bicyclic) bond motifs is 3. The molecule has 0 saturated carbocycles. The van der Waals surface area contributed by atoms with E-state index in [1.165, 1.54) is 0 Å². The maximum Gasteiger partial charge on any atom is 0.185 e. The van der Waals surface area contributed by atoms with E-state index in [4.69, 9.17) is 16.7 Å². The van der Waals surface area contributed by atoms with Crippen molar-refractivity contribution in [3.8, 4) is 11.3 Å². The summed E-state index contributed by atoms with van der Waals surface area (Å²) in [5.74, 6) is 0.763. The lowest BCUT2D eigenvalue weighted by Crippen LogP contribution is -1.99. The molecular formula is C16H11ClN4. The van der Waals surface area contributed by atoms with Gasteiger partial charge in [0, 0.05) is 21.4 Å². The van der Waals surface area contributed by atoms with Crippen LogP contribution in [0.3, 0.4) is 0 Å². The van der Waals surface area contributed by atoms with Crippen LogP contribution < -0.4 is 0 Å². The van der Waals surface area contributed by atoms with Gasteiger partial charge < -0.3 is 0 Å². The molecule has 0 N–H and O–H groups in total. The fraction of sp³-hybridized carbons (Fsp3) is 0.0625. The highest BCUT2D eigenvalue weighted by Gasteiger charge is 2.13. The van der Waals surface area contributed by atoms with Crippen LogP contribution >= 0.6 is 11.6 Å². The summed E-state index contributed by atoms with van der Waals surface area (Å²) in [5.41, 5.74) is 2.67. The molecule has 0 unspecified atom stereocenters. The van der Waals surface area contributed by atoms with Gasteiger partial charge in [0.2, 0.25) is 0 Å². The third-order valence-electron chi connectivity index (χ3n) is 3.52. The first kappa shape index (κ1) is 12.3. The molecule has 0 aliphatic heterocycles. The Balaban J connectivity index is 2.21. The van der Waals surface area contributed by atoms with E-state index in [-0.39, 0.29) is 0 Å². The Morgan fingerprint density at radius 1 is 0.952 bits per heavy atom. The molecule has 0 saturated heterocycles. The van der Waals surface area contributed by atoms with Crippen molar-refractivity contribution < 1.29 is 0 Å². The second-order valence-electron chi connectivity index (χ2n) is 4.89. The summed E-state index contributed by atoms with van der Waals surface area (Å²) < 4.78 is 1.78. The van der Waals surface area contributed by atoms with E-state index in [0.717, 1.165) is 33.5 Å². The fourth-order valence-corrected chi connectivity index (χ4v) is 2.69. The van der Waals surface area contributed by atoms with Gasteiger partial charge in [-0.05, 0) is 25.1 Å². The lowest BCUT2D eigenvalue weighted by atomic mass is 10.1. The Kier molecular flexibility index (Phi) is 2.65. The van der Waals surface area contributed by atoms with Crippen molar-refractivity contribution >= 4 is 28.0 Å². The first-order valence-electron chi connectivity index (χ1n) is 6.61. The van der Waals surface area contributed by atoms with E-state index in [9.17, 15) is 0 Å². The molecule has 0 atom stereocenters. The molecule has 0 spiro atoms. The van der Waals surface area contributed by atoms with Crippen LogP contribution in [0, 0.1) is 6.92 Å². The molecule has 0 radical (unpaired) electrons. The number of benzene rings is 2. The third kappa shape index (κ3) is 1.87. The van der Waals surface area contributed by atoms with E-state index in [2.05, 4.69) is 10.2 Å². The topological polar surface area (TPSA) is 43.1 Å². The summed E-state index contributed by atoms with van der Waals surface area (Å²) in [6.07, 6.45) is 0. The largest absolute Gasteiger partial charge is 0.196 e. The van der Waals surface area contributed by atoms with Gasteiger partial charge in [-0.1, -0.05) is 41.9 Å². The minimum atomic E-state index is 0.682. The van der Waals surface area contributed by atoms with Crippen molar-refractivity contribution in [3.05, 3.63) is 59.4 Å². The van der Waals surface area contributed by atoms with Gasteiger partial charge in [-0.3, -0.25) is 0 Å². The van der Waals surface area contributed by atoms with Gasteiger partial charge in [-0.2, -0.15) is 9.61 Å². The summed E-state index contributed by atoms with van der Waals surface area (Å²) in [6.45, 7) is 1.89. The number of rotatable bonds is 1. The smallest absolute Gasteiger partial charge is 0.185 e. The third-order valence-corrected chi connectivity index (χ3v) is 3.76. The van der Waals surface area contributed by atoms with Crippen LogP contribution in [0.2, 0.25) is 5.02 Å². The molecule has 0 fully saturated rings. The van der Waals surface area contributed by atoms with Crippen LogP contribution in [0.25, 0.3) is 27.7 Å². The maximum atomic E-state index is 6.16. The van der Waals surface area contributed by atoms with Crippen molar-refractivity contribution in [2.75, 3.05) is 0 Å². The second-order valence-corrected chi connectivity index (χ2v) is 5.32. The highest BCUT2D eigenvalue weighted by Crippen LogP contribution is 2.30. The minimum absolute atomic E-state index is 0.682. The van der Waals surface area contributed by atoms with Crippen molar-refractivity contribution in [3.63, 3.8) is 0 Å². The Labute approximate surface area is 126 Å². The molecule has 4 rings (SSSR count). The predicted molar refractivity (Wildman–Crippen MR) is 83.5 cm³/mol. The quantitative estimate of drug-likeness (QED) is 0.534. The number of halogens is 1. The molecule has 5 heteroatoms. The highest BCUT2D eigenvalue weighted by atomic mass is 35.5. The molecule has 2 aromatic carbocycles. The average molecular weight is 295 g/mol. The Morgan fingerprint density at radius 3 is 2.57 bits per heavy atom. The minimum Gasteiger partial charge on any atom is -0.196 e. The van der Waals surface area contributed by atoms with E-state index >= 15 is 0 Å². The van der Waals surface area contributed by atoms with Crippen LogP contribution in [0.1, 0.15) is 5.82 Å². The van der Waals surface area contributed by atoms with Gasteiger partial charge in [0.25, 0.3) is 0 Å². The molecule has 0 amide bonds. The molecule has 4 nitrogen and oxygen atoms in total. The Morgan fingerprint density at radius 2 is 1.76 bits per heavy atom. The number of hydrogen-bond donors (Lipinski definition) is 0. The summed E-state index contributed by atoms with van der Waals surface area (Å²) in [4.78, 5) is 0. The zero-order chi connectivity index (χ0) is 14.4. The predicted octanol–water partition coefficient (Wildman–Crippen LogP) is 3.91. The molecule has 0 aliphatic carbocycles. The second kappa shape index (κ2) is 4.53. The molecular weight excluding hydrogens is 284 g/mol. The van der Waals surface area contributed by atoms with E-state index in [1.807, 2.05) is 55.5 Å². The zero-order valence-electron chi connectivity index (χ0n) is 11.3. The van der Waals surface area contributed by atoms with Crippen LogP contribution in [-0.2, 0) is 0 Å². The molecule has 2 aromatic heterocycles. The lowest BCUT2D eigenvalue weighted by molar-refractivity contribution is 0.886. The zero-order valence-corrected chi connectivity index (χ0v) is 12.0. The summed E-state index contributed by atoms with van der Waals surface area (Å²) in [5, 5.41) is 15.7. The van der Waals surface area contributed by atoms with Gasteiger partial charge >= 0.3 is 0 Å². The van der Waals surface area contributed by atoms with Gasteiger partial charge in [-0.15, -0.1) is 10.2 Å². The standard InChI is InChI=1S/C16H11ClN4/c1-10-18-19-16-13-8-7-12(17)9-14(13)15(20-21(10)16)11-5-3-2-4-6-11/h2-9H,1H3. The molecule has 0 aliphatic rings. The maximum absolute atomic E-state index is 6.16. The average Bonchev–Trinajstić information content (AvgIpc) is 2.88. The van der Waals surface area contributed by atoms with Crippen LogP contribution in [0.5, 0.6) is 0 Å². The first-order valence-corrected chi connectivity index (χ1v) is 6.98. The Hall–Kier alpha value is -2.46. The van der Waals surface area contributed by atoms with E-state index in [0.29, 0.717) is 5.02 Å². The van der Waals surface area contributed by atoms with Gasteiger partial charge in [0.15, 0.2) is 11.5 Å². The fourth-order valence-electron chi connectivity index (χ4n) is 2.52. The Bertz CT molecular complexity index is 960. The van der Waals surface area contributed by atoms with Crippen molar-refractivity contribution in [2.24, 2.45) is 0 Å². The van der Waals surface area contributed by atoms with Gasteiger partial charge in [-0.25, -0.2) is 0 Å². The number of nitrogens with zero attached hydrogens (tertiary/aromatic N) is 4.